The number of carbonyl (C=O) groups is 1. The zero-order chi connectivity index (χ0) is 25.6. The number of hydrogen-bond acceptors (Lipinski definition) is 6. The molecular weight excluding hydrogens is 487 g/mol. The molecule has 4 aromatic rings. The average molecular weight is 509 g/mol. The molecule has 0 bridgehead atoms. The van der Waals surface area contributed by atoms with Gasteiger partial charge in [0.25, 0.3) is 5.56 Å². The number of benzene rings is 1. The van der Waals surface area contributed by atoms with Crippen LogP contribution in [0.5, 0.6) is 0 Å². The molecule has 9 nitrogen and oxygen atoms in total. The number of halogens is 2. The van der Waals surface area contributed by atoms with E-state index >= 15 is 0 Å². The summed E-state index contributed by atoms with van der Waals surface area (Å²) in [6.07, 6.45) is 6.24. The molecule has 184 valence electrons. The zero-order valence-electron chi connectivity index (χ0n) is 19.5. The quantitative estimate of drug-likeness (QED) is 0.365. The second-order valence-corrected chi connectivity index (χ2v) is 8.92. The normalized spacial score (nSPS) is 14.8. The van der Waals surface area contributed by atoms with Crippen LogP contribution in [-0.2, 0) is 13.1 Å². The lowest BCUT2D eigenvalue weighted by Gasteiger charge is -2.19. The fourth-order valence-electron chi connectivity index (χ4n) is 4.43. The van der Waals surface area contributed by atoms with Gasteiger partial charge in [0.2, 0.25) is 0 Å². The van der Waals surface area contributed by atoms with E-state index in [1.54, 1.807) is 17.7 Å². The lowest BCUT2D eigenvalue weighted by atomic mass is 10.0. The number of fused-ring (bicyclic) bond motifs is 2. The molecule has 0 spiro atoms. The Hall–Kier alpha value is -4.05. The number of hydrogen-bond donors (Lipinski definition) is 2. The Morgan fingerprint density at radius 2 is 2.14 bits per heavy atom. The van der Waals surface area contributed by atoms with Crippen LogP contribution in [-0.4, -0.2) is 35.4 Å². The van der Waals surface area contributed by atoms with Crippen LogP contribution >= 0.6 is 11.6 Å². The van der Waals surface area contributed by atoms with Crippen LogP contribution in [0.3, 0.4) is 0 Å². The maximum Gasteiger partial charge on any atom is 0.356 e. The molecule has 2 N–H and O–H groups in total. The third kappa shape index (κ3) is 4.24. The Balaban J connectivity index is 1.61. The summed E-state index contributed by atoms with van der Waals surface area (Å²) in [6.45, 7) is 4.92. The van der Waals surface area contributed by atoms with Gasteiger partial charge in [-0.3, -0.25) is 14.0 Å². The SMILES string of the molecule is CCn1cc(C=C2CCn3c2nc2c([C@@H](C)Nc4ccc(Cl)nc4C(=O)O)cc(F)cc2c3=O)cn1. The molecule has 1 atom stereocenters. The minimum absolute atomic E-state index is 0.0378. The topological polar surface area (TPSA) is 115 Å². The molecule has 4 heterocycles. The highest BCUT2D eigenvalue weighted by atomic mass is 35.5. The van der Waals surface area contributed by atoms with Gasteiger partial charge in [-0.2, -0.15) is 5.10 Å². The van der Waals surface area contributed by atoms with Gasteiger partial charge in [-0.05, 0) is 56.2 Å². The summed E-state index contributed by atoms with van der Waals surface area (Å²) in [6, 6.07) is 4.84. The van der Waals surface area contributed by atoms with E-state index in [4.69, 9.17) is 16.6 Å². The van der Waals surface area contributed by atoms with Crippen molar-refractivity contribution in [3.05, 3.63) is 80.6 Å². The number of pyridine rings is 1. The standard InChI is InChI=1S/C25H22ClFN6O3/c1-3-32-12-14(11-28-32)8-15-6-7-33-23(15)31-21-17(9-16(27)10-18(21)24(33)34)13(2)29-19-4-5-20(26)30-22(19)25(35)36/h4-5,8-13,29H,3,6-7H2,1-2H3,(H,35,36)/t13-/m1/s1. The Bertz CT molecular complexity index is 1610. The summed E-state index contributed by atoms with van der Waals surface area (Å²) in [4.78, 5) is 33.6. The number of anilines is 1. The number of aromatic nitrogens is 5. The Morgan fingerprint density at radius 1 is 1.33 bits per heavy atom. The van der Waals surface area contributed by atoms with E-state index < -0.39 is 17.8 Å². The van der Waals surface area contributed by atoms with E-state index in [1.165, 1.54) is 24.3 Å². The second-order valence-electron chi connectivity index (χ2n) is 8.53. The fourth-order valence-corrected chi connectivity index (χ4v) is 4.58. The van der Waals surface area contributed by atoms with Crippen molar-refractivity contribution in [2.24, 2.45) is 0 Å². The summed E-state index contributed by atoms with van der Waals surface area (Å²) in [5.41, 5.74) is 2.18. The number of rotatable bonds is 6. The Kier molecular flexibility index (Phi) is 6.05. The van der Waals surface area contributed by atoms with Crippen LogP contribution in [0.4, 0.5) is 10.1 Å². The molecule has 5 rings (SSSR count). The third-order valence-electron chi connectivity index (χ3n) is 6.17. The molecule has 0 aliphatic carbocycles. The van der Waals surface area contributed by atoms with Gasteiger partial charge >= 0.3 is 5.97 Å². The molecule has 3 aromatic heterocycles. The molecule has 0 saturated heterocycles. The maximum atomic E-state index is 14.6. The van der Waals surface area contributed by atoms with Crippen LogP contribution in [0.25, 0.3) is 22.6 Å². The van der Waals surface area contributed by atoms with Crippen LogP contribution in [0.1, 0.15) is 53.7 Å². The number of aromatic carboxylic acids is 1. The second kappa shape index (κ2) is 9.19. The molecule has 1 aromatic carbocycles. The van der Waals surface area contributed by atoms with E-state index in [0.29, 0.717) is 29.9 Å². The first-order valence-electron chi connectivity index (χ1n) is 11.4. The van der Waals surface area contributed by atoms with Crippen molar-refractivity contribution in [2.75, 3.05) is 5.32 Å². The highest BCUT2D eigenvalue weighted by Crippen LogP contribution is 2.31. The number of allylic oxidation sites excluding steroid dienone is 1. The molecule has 36 heavy (non-hydrogen) atoms. The van der Waals surface area contributed by atoms with E-state index in [1.807, 2.05) is 23.9 Å². The van der Waals surface area contributed by atoms with E-state index in [0.717, 1.165) is 17.7 Å². The molecular formula is C25H22ClFN6O3. The summed E-state index contributed by atoms with van der Waals surface area (Å²) >= 11 is 5.86. The first-order valence-corrected chi connectivity index (χ1v) is 11.8. The van der Waals surface area contributed by atoms with Gasteiger partial charge in [-0.25, -0.2) is 19.2 Å². The molecule has 0 unspecified atom stereocenters. The van der Waals surface area contributed by atoms with Crippen LogP contribution < -0.4 is 10.9 Å². The van der Waals surface area contributed by atoms with E-state index in [9.17, 15) is 19.1 Å². The van der Waals surface area contributed by atoms with Gasteiger partial charge in [-0.1, -0.05) is 11.6 Å². The van der Waals surface area contributed by atoms with Crippen molar-refractivity contribution in [1.29, 1.82) is 0 Å². The van der Waals surface area contributed by atoms with Gasteiger partial charge in [0.05, 0.1) is 28.8 Å². The Labute approximate surface area is 209 Å². The lowest BCUT2D eigenvalue weighted by molar-refractivity contribution is 0.0691. The van der Waals surface area contributed by atoms with Gasteiger partial charge in [0.1, 0.15) is 16.8 Å². The van der Waals surface area contributed by atoms with E-state index in [-0.39, 0.29) is 27.5 Å². The van der Waals surface area contributed by atoms with Crippen molar-refractivity contribution in [2.45, 2.75) is 39.4 Å². The minimum atomic E-state index is -1.26. The van der Waals surface area contributed by atoms with Crippen molar-refractivity contribution in [3.8, 4) is 0 Å². The van der Waals surface area contributed by atoms with Gasteiger partial charge in [0.15, 0.2) is 5.69 Å². The smallest absolute Gasteiger partial charge is 0.356 e. The maximum absolute atomic E-state index is 14.6. The summed E-state index contributed by atoms with van der Waals surface area (Å²) in [7, 11) is 0. The first kappa shape index (κ1) is 23.7. The summed E-state index contributed by atoms with van der Waals surface area (Å²) in [5.74, 6) is -1.32. The predicted octanol–water partition coefficient (Wildman–Crippen LogP) is 4.62. The first-order chi connectivity index (χ1) is 17.2. The molecule has 0 amide bonds. The third-order valence-corrected chi connectivity index (χ3v) is 6.38. The van der Waals surface area contributed by atoms with Crippen LogP contribution in [0, 0.1) is 5.82 Å². The molecule has 0 fully saturated rings. The molecule has 0 saturated carbocycles. The molecule has 11 heteroatoms. The van der Waals surface area contributed by atoms with Gasteiger partial charge < -0.3 is 10.4 Å². The van der Waals surface area contributed by atoms with Crippen molar-refractivity contribution in [3.63, 3.8) is 0 Å². The number of carboxylic acids is 1. The molecule has 1 aliphatic rings. The summed E-state index contributed by atoms with van der Waals surface area (Å²) < 4.78 is 18.0. The monoisotopic (exact) mass is 508 g/mol. The predicted molar refractivity (Wildman–Crippen MR) is 135 cm³/mol. The average Bonchev–Trinajstić information content (AvgIpc) is 3.47. The number of carboxylic acid groups (broad SMARTS) is 1. The number of nitrogens with zero attached hydrogens (tertiary/aromatic N) is 5. The van der Waals surface area contributed by atoms with Crippen LogP contribution in [0.2, 0.25) is 5.15 Å². The fraction of sp³-hybridized carbons (Fsp3) is 0.240. The lowest BCUT2D eigenvalue weighted by Crippen LogP contribution is -2.22. The summed E-state index contributed by atoms with van der Waals surface area (Å²) in [5, 5.41) is 17.1. The minimum Gasteiger partial charge on any atom is -0.476 e. The number of aryl methyl sites for hydroxylation is 1. The van der Waals surface area contributed by atoms with Crippen molar-refractivity contribution >= 4 is 45.8 Å². The van der Waals surface area contributed by atoms with Crippen molar-refractivity contribution in [1.82, 2.24) is 24.3 Å². The molecule has 1 aliphatic heterocycles. The van der Waals surface area contributed by atoms with Gasteiger partial charge in [0, 0.05) is 30.4 Å². The Morgan fingerprint density at radius 3 is 2.86 bits per heavy atom. The molecule has 0 radical (unpaired) electrons. The highest BCUT2D eigenvalue weighted by Gasteiger charge is 2.25. The zero-order valence-corrected chi connectivity index (χ0v) is 20.3. The van der Waals surface area contributed by atoms with Crippen molar-refractivity contribution < 1.29 is 14.3 Å². The van der Waals surface area contributed by atoms with Gasteiger partial charge in [-0.15, -0.1) is 0 Å². The van der Waals surface area contributed by atoms with Crippen LogP contribution in [0.15, 0.2) is 41.5 Å². The van der Waals surface area contributed by atoms with E-state index in [2.05, 4.69) is 15.4 Å². The number of nitrogens with one attached hydrogen (secondary N) is 1. The highest BCUT2D eigenvalue weighted by molar-refractivity contribution is 6.29. The largest absolute Gasteiger partial charge is 0.476 e.